The molecule has 0 aliphatic rings. The molecule has 156 valence electrons. The molecule has 0 atom stereocenters. The molecule has 0 spiro atoms. The molecule has 8 nitrogen and oxygen atoms in total. The fourth-order valence-electron chi connectivity index (χ4n) is 3.42. The molecular weight excluding hydrogens is 406 g/mol. The zero-order valence-electron chi connectivity index (χ0n) is 16.8. The molecule has 1 aromatic heterocycles. The van der Waals surface area contributed by atoms with Gasteiger partial charge in [-0.1, -0.05) is 36.4 Å². The number of nitro groups is 1. The van der Waals surface area contributed by atoms with E-state index in [4.69, 9.17) is 0 Å². The molecule has 0 saturated heterocycles. The standard InChI is InChI=1S/C24H17N5O3/c25-13-18-5-1-2-6-19(18)15-28-16-20(22-7-3-4-8-23(22)28)14-26-27-24(30)17-9-11-21(12-10-17)29(31)32/h1-12,14,16H,15H2,(H,27,30)/b26-14-. The van der Waals surface area contributed by atoms with Crippen LogP contribution in [0.2, 0.25) is 0 Å². The van der Waals surface area contributed by atoms with Gasteiger partial charge in [-0.15, -0.1) is 0 Å². The number of rotatable bonds is 6. The van der Waals surface area contributed by atoms with Gasteiger partial charge < -0.3 is 4.57 Å². The van der Waals surface area contributed by atoms with Gasteiger partial charge in [0.25, 0.3) is 11.6 Å². The quantitative estimate of drug-likeness (QED) is 0.284. The molecule has 0 bridgehead atoms. The fourth-order valence-corrected chi connectivity index (χ4v) is 3.42. The van der Waals surface area contributed by atoms with Gasteiger partial charge >= 0.3 is 0 Å². The van der Waals surface area contributed by atoms with Crippen molar-refractivity contribution >= 4 is 28.7 Å². The van der Waals surface area contributed by atoms with Gasteiger partial charge in [-0.3, -0.25) is 14.9 Å². The second kappa shape index (κ2) is 8.93. The molecule has 1 N–H and O–H groups in total. The number of hydrogen-bond acceptors (Lipinski definition) is 5. The Hall–Kier alpha value is -4.77. The van der Waals surface area contributed by atoms with E-state index in [1.165, 1.54) is 24.3 Å². The minimum Gasteiger partial charge on any atom is -0.342 e. The van der Waals surface area contributed by atoms with Crippen molar-refractivity contribution in [2.75, 3.05) is 0 Å². The minimum atomic E-state index is -0.523. The first-order chi connectivity index (χ1) is 15.6. The van der Waals surface area contributed by atoms with Crippen LogP contribution in [-0.4, -0.2) is 21.6 Å². The van der Waals surface area contributed by atoms with E-state index in [1.807, 2.05) is 53.2 Å². The van der Waals surface area contributed by atoms with Crippen molar-refractivity contribution in [1.29, 1.82) is 5.26 Å². The number of carbonyl (C=O) groups is 1. The number of nitrogens with zero attached hydrogens (tertiary/aromatic N) is 4. The summed E-state index contributed by atoms with van der Waals surface area (Å²) in [5, 5.41) is 25.1. The number of hydrazone groups is 1. The van der Waals surface area contributed by atoms with Crippen LogP contribution in [0.4, 0.5) is 5.69 Å². The van der Waals surface area contributed by atoms with Crippen LogP contribution in [0, 0.1) is 21.4 Å². The highest BCUT2D eigenvalue weighted by Gasteiger charge is 2.11. The van der Waals surface area contributed by atoms with Crippen molar-refractivity contribution in [3.8, 4) is 6.07 Å². The first-order valence-corrected chi connectivity index (χ1v) is 9.70. The van der Waals surface area contributed by atoms with Crippen LogP contribution in [0.15, 0.2) is 84.1 Å². The molecular formula is C24H17N5O3. The summed E-state index contributed by atoms with van der Waals surface area (Å²) in [7, 11) is 0. The van der Waals surface area contributed by atoms with Crippen molar-refractivity contribution < 1.29 is 9.72 Å². The van der Waals surface area contributed by atoms with Crippen LogP contribution in [0.5, 0.6) is 0 Å². The first kappa shape index (κ1) is 20.5. The number of nitriles is 1. The van der Waals surface area contributed by atoms with Gasteiger partial charge in [0, 0.05) is 46.9 Å². The molecule has 0 saturated carbocycles. The zero-order valence-corrected chi connectivity index (χ0v) is 16.8. The van der Waals surface area contributed by atoms with Gasteiger partial charge in [-0.05, 0) is 29.8 Å². The van der Waals surface area contributed by atoms with Crippen LogP contribution in [-0.2, 0) is 6.54 Å². The number of hydrogen-bond donors (Lipinski definition) is 1. The maximum Gasteiger partial charge on any atom is 0.271 e. The Morgan fingerprint density at radius 2 is 1.81 bits per heavy atom. The maximum atomic E-state index is 12.3. The van der Waals surface area contributed by atoms with Gasteiger partial charge in [-0.2, -0.15) is 10.4 Å². The summed E-state index contributed by atoms with van der Waals surface area (Å²) < 4.78 is 2.03. The predicted octanol–water partition coefficient (Wildman–Crippen LogP) is 4.23. The van der Waals surface area contributed by atoms with Crippen molar-refractivity contribution in [2.45, 2.75) is 6.54 Å². The number of amides is 1. The number of benzene rings is 3. The van der Waals surface area contributed by atoms with Crippen LogP contribution in [0.3, 0.4) is 0 Å². The molecule has 8 heteroatoms. The van der Waals surface area contributed by atoms with Gasteiger partial charge in [0.15, 0.2) is 0 Å². The molecule has 1 amide bonds. The first-order valence-electron chi connectivity index (χ1n) is 9.70. The number of nitro benzene ring substituents is 1. The van der Waals surface area contributed by atoms with E-state index in [0.29, 0.717) is 12.1 Å². The van der Waals surface area contributed by atoms with Gasteiger partial charge in [0.2, 0.25) is 0 Å². The van der Waals surface area contributed by atoms with E-state index in [2.05, 4.69) is 16.6 Å². The predicted molar refractivity (Wildman–Crippen MR) is 120 cm³/mol. The summed E-state index contributed by atoms with van der Waals surface area (Å²) in [5.41, 5.74) is 5.94. The van der Waals surface area contributed by atoms with E-state index in [-0.39, 0.29) is 11.3 Å². The molecule has 0 radical (unpaired) electrons. The number of fused-ring (bicyclic) bond motifs is 1. The molecule has 1 heterocycles. The van der Waals surface area contributed by atoms with Crippen molar-refractivity contribution in [3.63, 3.8) is 0 Å². The zero-order chi connectivity index (χ0) is 22.5. The highest BCUT2D eigenvalue weighted by Crippen LogP contribution is 2.22. The molecule has 3 aromatic carbocycles. The lowest BCUT2D eigenvalue weighted by Crippen LogP contribution is -2.17. The summed E-state index contributed by atoms with van der Waals surface area (Å²) >= 11 is 0. The number of non-ortho nitro benzene ring substituents is 1. The van der Waals surface area contributed by atoms with Gasteiger partial charge in [-0.25, -0.2) is 5.43 Å². The molecule has 0 aliphatic heterocycles. The third-order valence-electron chi connectivity index (χ3n) is 5.01. The maximum absolute atomic E-state index is 12.3. The lowest BCUT2D eigenvalue weighted by molar-refractivity contribution is -0.384. The number of aromatic nitrogens is 1. The summed E-state index contributed by atoms with van der Waals surface area (Å²) in [5.74, 6) is -0.470. The third kappa shape index (κ3) is 4.22. The Balaban J connectivity index is 1.56. The Labute approximate surface area is 183 Å². The highest BCUT2D eigenvalue weighted by molar-refractivity contribution is 6.00. The summed E-state index contributed by atoms with van der Waals surface area (Å²) in [6, 6.07) is 22.8. The summed E-state index contributed by atoms with van der Waals surface area (Å²) in [6.45, 7) is 0.521. The second-order valence-electron chi connectivity index (χ2n) is 7.00. The average molecular weight is 423 g/mol. The molecule has 4 rings (SSSR count). The third-order valence-corrected chi connectivity index (χ3v) is 5.01. The largest absolute Gasteiger partial charge is 0.342 e. The van der Waals surface area contributed by atoms with Crippen molar-refractivity contribution in [3.05, 3.63) is 111 Å². The lowest BCUT2D eigenvalue weighted by atomic mass is 10.1. The Bertz CT molecular complexity index is 1380. The Morgan fingerprint density at radius 3 is 2.56 bits per heavy atom. The SMILES string of the molecule is N#Cc1ccccc1Cn1cc(/C=N\NC(=O)c2ccc([N+](=O)[O-])cc2)c2ccccc21. The number of para-hydroxylation sites is 1. The second-order valence-corrected chi connectivity index (χ2v) is 7.00. The average Bonchev–Trinajstić information content (AvgIpc) is 3.17. The van der Waals surface area contributed by atoms with Crippen LogP contribution in [0.1, 0.15) is 27.0 Å². The fraction of sp³-hybridized carbons (Fsp3) is 0.0417. The molecule has 0 aliphatic carbocycles. The summed E-state index contributed by atoms with van der Waals surface area (Å²) in [4.78, 5) is 22.5. The van der Waals surface area contributed by atoms with E-state index >= 15 is 0 Å². The van der Waals surface area contributed by atoms with Crippen molar-refractivity contribution in [2.24, 2.45) is 5.10 Å². The van der Waals surface area contributed by atoms with Crippen LogP contribution >= 0.6 is 0 Å². The van der Waals surface area contributed by atoms with E-state index in [9.17, 15) is 20.2 Å². The molecule has 4 aromatic rings. The Kier molecular flexibility index (Phi) is 5.72. The minimum absolute atomic E-state index is 0.0872. The molecule has 0 fully saturated rings. The number of nitrogens with one attached hydrogen (secondary N) is 1. The van der Waals surface area contributed by atoms with E-state index in [0.717, 1.165) is 22.0 Å². The van der Waals surface area contributed by atoms with Gasteiger partial charge in [0.05, 0.1) is 22.8 Å². The van der Waals surface area contributed by atoms with Crippen LogP contribution in [0.25, 0.3) is 10.9 Å². The topological polar surface area (TPSA) is 113 Å². The summed E-state index contributed by atoms with van der Waals surface area (Å²) in [6.07, 6.45) is 3.47. The lowest BCUT2D eigenvalue weighted by Gasteiger charge is -2.07. The normalized spacial score (nSPS) is 10.8. The highest BCUT2D eigenvalue weighted by atomic mass is 16.6. The van der Waals surface area contributed by atoms with Crippen LogP contribution < -0.4 is 5.43 Å². The monoisotopic (exact) mass is 423 g/mol. The Morgan fingerprint density at radius 1 is 1.09 bits per heavy atom. The van der Waals surface area contributed by atoms with E-state index < -0.39 is 10.8 Å². The molecule has 32 heavy (non-hydrogen) atoms. The van der Waals surface area contributed by atoms with Gasteiger partial charge in [0.1, 0.15) is 0 Å². The number of carbonyl (C=O) groups excluding carboxylic acids is 1. The smallest absolute Gasteiger partial charge is 0.271 e. The van der Waals surface area contributed by atoms with Crippen molar-refractivity contribution in [1.82, 2.24) is 9.99 Å². The van der Waals surface area contributed by atoms with E-state index in [1.54, 1.807) is 12.3 Å². The molecule has 0 unspecified atom stereocenters.